The number of aromatic nitrogens is 2. The van der Waals surface area contributed by atoms with Gasteiger partial charge in [0, 0.05) is 18.4 Å². The normalized spacial score (nSPS) is 16.5. The van der Waals surface area contributed by atoms with E-state index in [1.165, 1.54) is 4.90 Å². The molecule has 7 heteroatoms. The van der Waals surface area contributed by atoms with Crippen LogP contribution in [0.4, 0.5) is 4.79 Å². The molecule has 0 unspecified atom stereocenters. The Kier molecular flexibility index (Phi) is 3.81. The van der Waals surface area contributed by atoms with Gasteiger partial charge < -0.3 is 10.1 Å². The average Bonchev–Trinajstić information content (AvgIpc) is 2.91. The van der Waals surface area contributed by atoms with E-state index in [0.717, 1.165) is 0 Å². The standard InChI is InChI=1S/C11H16N4O3/c1-9(7-15-4-2-3-12-15)13-10(16)8-14-5-6-18-11(14)17/h2-4,9H,5-8H2,1H3,(H,13,16)/t9-/m1/s1. The number of nitrogens with zero attached hydrogens (tertiary/aromatic N) is 3. The van der Waals surface area contributed by atoms with Gasteiger partial charge in [0.05, 0.1) is 13.1 Å². The summed E-state index contributed by atoms with van der Waals surface area (Å²) in [4.78, 5) is 24.2. The van der Waals surface area contributed by atoms with Gasteiger partial charge in [-0.2, -0.15) is 5.10 Å². The van der Waals surface area contributed by atoms with Crippen molar-refractivity contribution in [2.75, 3.05) is 19.7 Å². The van der Waals surface area contributed by atoms with E-state index in [-0.39, 0.29) is 18.5 Å². The first-order valence-electron chi connectivity index (χ1n) is 5.83. The fourth-order valence-electron chi connectivity index (χ4n) is 1.80. The number of hydrogen-bond donors (Lipinski definition) is 1. The molecule has 98 valence electrons. The van der Waals surface area contributed by atoms with Crippen molar-refractivity contribution in [3.63, 3.8) is 0 Å². The zero-order valence-electron chi connectivity index (χ0n) is 10.2. The highest BCUT2D eigenvalue weighted by atomic mass is 16.6. The largest absolute Gasteiger partial charge is 0.448 e. The number of hydrogen-bond acceptors (Lipinski definition) is 4. The molecule has 1 aliphatic heterocycles. The number of nitrogens with one attached hydrogen (secondary N) is 1. The van der Waals surface area contributed by atoms with Crippen molar-refractivity contribution >= 4 is 12.0 Å². The molecular formula is C11H16N4O3. The minimum absolute atomic E-state index is 0.0439. The number of cyclic esters (lactones) is 1. The molecule has 0 spiro atoms. The molecular weight excluding hydrogens is 236 g/mol. The van der Waals surface area contributed by atoms with Crippen LogP contribution in [-0.2, 0) is 16.1 Å². The van der Waals surface area contributed by atoms with E-state index < -0.39 is 6.09 Å². The molecule has 1 aliphatic rings. The van der Waals surface area contributed by atoms with Crippen molar-refractivity contribution in [2.24, 2.45) is 0 Å². The fraction of sp³-hybridized carbons (Fsp3) is 0.545. The molecule has 2 rings (SSSR count). The summed E-state index contributed by atoms with van der Waals surface area (Å²) in [5.74, 6) is -0.187. The minimum Gasteiger partial charge on any atom is -0.448 e. The molecule has 1 fully saturated rings. The maximum absolute atomic E-state index is 11.7. The van der Waals surface area contributed by atoms with Gasteiger partial charge in [0.15, 0.2) is 0 Å². The molecule has 0 saturated carbocycles. The third kappa shape index (κ3) is 3.22. The third-order valence-electron chi connectivity index (χ3n) is 2.61. The van der Waals surface area contributed by atoms with Crippen LogP contribution < -0.4 is 5.32 Å². The van der Waals surface area contributed by atoms with Crippen LogP contribution in [0.2, 0.25) is 0 Å². The van der Waals surface area contributed by atoms with E-state index in [1.54, 1.807) is 10.9 Å². The summed E-state index contributed by atoms with van der Waals surface area (Å²) in [5.41, 5.74) is 0. The molecule has 1 saturated heterocycles. The Morgan fingerprint density at radius 3 is 3.11 bits per heavy atom. The summed E-state index contributed by atoms with van der Waals surface area (Å²) in [5, 5.41) is 6.88. The lowest BCUT2D eigenvalue weighted by Gasteiger charge is -2.16. The number of amides is 2. The highest BCUT2D eigenvalue weighted by Crippen LogP contribution is 2.02. The second-order valence-corrected chi connectivity index (χ2v) is 4.23. The fourth-order valence-corrected chi connectivity index (χ4v) is 1.80. The van der Waals surface area contributed by atoms with Crippen molar-refractivity contribution in [3.8, 4) is 0 Å². The summed E-state index contributed by atoms with van der Waals surface area (Å²) in [6.45, 7) is 3.36. The van der Waals surface area contributed by atoms with Gasteiger partial charge in [-0.15, -0.1) is 0 Å². The van der Waals surface area contributed by atoms with Gasteiger partial charge in [0.2, 0.25) is 5.91 Å². The number of rotatable bonds is 5. The maximum Gasteiger partial charge on any atom is 0.410 e. The third-order valence-corrected chi connectivity index (χ3v) is 2.61. The zero-order valence-corrected chi connectivity index (χ0v) is 10.2. The molecule has 0 aromatic carbocycles. The van der Waals surface area contributed by atoms with Gasteiger partial charge >= 0.3 is 6.09 Å². The second kappa shape index (κ2) is 5.52. The van der Waals surface area contributed by atoms with Crippen LogP contribution in [0.15, 0.2) is 18.5 Å². The molecule has 2 amide bonds. The van der Waals surface area contributed by atoms with Crippen LogP contribution in [0.25, 0.3) is 0 Å². The number of carbonyl (C=O) groups is 2. The van der Waals surface area contributed by atoms with E-state index in [1.807, 2.05) is 19.2 Å². The van der Waals surface area contributed by atoms with Gasteiger partial charge in [0.1, 0.15) is 13.2 Å². The molecule has 7 nitrogen and oxygen atoms in total. The zero-order chi connectivity index (χ0) is 13.0. The summed E-state index contributed by atoms with van der Waals surface area (Å²) < 4.78 is 6.49. The van der Waals surface area contributed by atoms with Crippen molar-refractivity contribution in [2.45, 2.75) is 19.5 Å². The Balaban J connectivity index is 1.75. The lowest BCUT2D eigenvalue weighted by Crippen LogP contribution is -2.42. The smallest absolute Gasteiger partial charge is 0.410 e. The van der Waals surface area contributed by atoms with Crippen LogP contribution in [0.5, 0.6) is 0 Å². The highest BCUT2D eigenvalue weighted by Gasteiger charge is 2.24. The summed E-state index contributed by atoms with van der Waals surface area (Å²) in [7, 11) is 0. The van der Waals surface area contributed by atoms with Gasteiger partial charge in [-0.05, 0) is 13.0 Å². The molecule has 1 aromatic rings. The minimum atomic E-state index is -0.426. The van der Waals surface area contributed by atoms with E-state index in [2.05, 4.69) is 10.4 Å². The first-order chi connectivity index (χ1) is 8.65. The van der Waals surface area contributed by atoms with Crippen molar-refractivity contribution in [3.05, 3.63) is 18.5 Å². The molecule has 0 radical (unpaired) electrons. The number of carbonyl (C=O) groups excluding carboxylic acids is 2. The first kappa shape index (κ1) is 12.4. The maximum atomic E-state index is 11.7. The summed E-state index contributed by atoms with van der Waals surface area (Å²) >= 11 is 0. The van der Waals surface area contributed by atoms with Crippen molar-refractivity contribution in [1.29, 1.82) is 0 Å². The Morgan fingerprint density at radius 2 is 2.50 bits per heavy atom. The van der Waals surface area contributed by atoms with E-state index in [0.29, 0.717) is 19.7 Å². The molecule has 1 aromatic heterocycles. The second-order valence-electron chi connectivity index (χ2n) is 4.23. The quantitative estimate of drug-likeness (QED) is 0.790. The van der Waals surface area contributed by atoms with Crippen LogP contribution in [-0.4, -0.2) is 52.4 Å². The van der Waals surface area contributed by atoms with Gasteiger partial charge in [-0.25, -0.2) is 4.79 Å². The predicted molar refractivity (Wildman–Crippen MR) is 62.8 cm³/mol. The lowest BCUT2D eigenvalue weighted by atomic mass is 10.3. The van der Waals surface area contributed by atoms with Crippen molar-refractivity contribution < 1.29 is 14.3 Å². The Bertz CT molecular complexity index is 418. The van der Waals surface area contributed by atoms with E-state index in [9.17, 15) is 9.59 Å². The van der Waals surface area contributed by atoms with Crippen LogP contribution in [0.3, 0.4) is 0 Å². The van der Waals surface area contributed by atoms with Gasteiger partial charge in [-0.1, -0.05) is 0 Å². The van der Waals surface area contributed by atoms with Crippen molar-refractivity contribution in [1.82, 2.24) is 20.0 Å². The average molecular weight is 252 g/mol. The molecule has 0 aliphatic carbocycles. The lowest BCUT2D eigenvalue weighted by molar-refractivity contribution is -0.122. The monoisotopic (exact) mass is 252 g/mol. The van der Waals surface area contributed by atoms with Gasteiger partial charge in [0.25, 0.3) is 0 Å². The summed E-state index contributed by atoms with van der Waals surface area (Å²) in [6.07, 6.45) is 3.10. The topological polar surface area (TPSA) is 76.5 Å². The Hall–Kier alpha value is -2.05. The molecule has 18 heavy (non-hydrogen) atoms. The molecule has 1 atom stereocenters. The van der Waals surface area contributed by atoms with Crippen LogP contribution in [0.1, 0.15) is 6.92 Å². The van der Waals surface area contributed by atoms with Gasteiger partial charge in [-0.3, -0.25) is 14.4 Å². The molecule has 2 heterocycles. The predicted octanol–water partition coefficient (Wildman–Crippen LogP) is -0.160. The first-order valence-corrected chi connectivity index (χ1v) is 5.83. The Morgan fingerprint density at radius 1 is 1.67 bits per heavy atom. The molecule has 1 N–H and O–H groups in total. The number of ether oxygens (including phenoxy) is 1. The Labute approximate surface area is 105 Å². The van der Waals surface area contributed by atoms with Crippen LogP contribution >= 0.6 is 0 Å². The van der Waals surface area contributed by atoms with E-state index in [4.69, 9.17) is 4.74 Å². The highest BCUT2D eigenvalue weighted by molar-refractivity contribution is 5.82. The SMILES string of the molecule is C[C@H](Cn1cccn1)NC(=O)CN1CCOC1=O. The molecule has 0 bridgehead atoms. The summed E-state index contributed by atoms with van der Waals surface area (Å²) in [6, 6.07) is 1.78. The van der Waals surface area contributed by atoms with E-state index >= 15 is 0 Å². The van der Waals surface area contributed by atoms with Crippen LogP contribution in [0, 0.1) is 0 Å².